The Bertz CT molecular complexity index is 568. The normalized spacial score (nSPS) is 23.2. The summed E-state index contributed by atoms with van der Waals surface area (Å²) in [6.45, 7) is 2.93. The van der Waals surface area contributed by atoms with Gasteiger partial charge in [0, 0.05) is 32.3 Å². The molecular weight excluding hydrogens is 314 g/mol. The number of carbonyl (C=O) groups excluding carboxylic acids is 1. The molecule has 3 rings (SSSR count). The lowest BCUT2D eigenvalue weighted by molar-refractivity contribution is -0.136. The van der Waals surface area contributed by atoms with E-state index in [9.17, 15) is 13.6 Å². The largest absolute Gasteiger partial charge is 0.368 e. The Morgan fingerprint density at radius 1 is 1.17 bits per heavy atom. The molecule has 1 atom stereocenters. The van der Waals surface area contributed by atoms with Gasteiger partial charge in [0.2, 0.25) is 5.91 Å². The number of carbonyl (C=O) groups is 1. The molecule has 0 bridgehead atoms. The Balaban J connectivity index is 1.43. The molecule has 0 saturated carbocycles. The summed E-state index contributed by atoms with van der Waals surface area (Å²) in [5.74, 6) is -1.61. The van der Waals surface area contributed by atoms with Crippen LogP contribution in [0.3, 0.4) is 0 Å². The van der Waals surface area contributed by atoms with Gasteiger partial charge in [-0.3, -0.25) is 9.69 Å². The molecule has 1 aromatic carbocycles. The quantitative estimate of drug-likeness (QED) is 0.918. The van der Waals surface area contributed by atoms with Gasteiger partial charge in [-0.2, -0.15) is 0 Å². The second kappa shape index (κ2) is 8.03. The lowest BCUT2D eigenvalue weighted by Gasteiger charge is -2.33. The number of hydrogen-bond acceptors (Lipinski definition) is 3. The molecule has 2 aliphatic rings. The average Bonchev–Trinajstić information content (AvgIpc) is 2.61. The van der Waals surface area contributed by atoms with Crippen molar-refractivity contribution in [1.82, 2.24) is 10.2 Å². The first-order chi connectivity index (χ1) is 11.6. The third-order valence-corrected chi connectivity index (χ3v) is 4.80. The molecule has 1 amide bonds. The van der Waals surface area contributed by atoms with Crippen molar-refractivity contribution in [2.75, 3.05) is 19.7 Å². The summed E-state index contributed by atoms with van der Waals surface area (Å²) in [7, 11) is 0. The van der Waals surface area contributed by atoms with E-state index in [1.165, 1.54) is 12.1 Å². The van der Waals surface area contributed by atoms with Crippen LogP contribution < -0.4 is 5.32 Å². The highest BCUT2D eigenvalue weighted by Crippen LogP contribution is 2.17. The number of benzene rings is 1. The smallest absolute Gasteiger partial charge is 0.249 e. The minimum Gasteiger partial charge on any atom is -0.368 e. The van der Waals surface area contributed by atoms with E-state index in [0.717, 1.165) is 50.8 Å². The van der Waals surface area contributed by atoms with Crippen LogP contribution >= 0.6 is 0 Å². The zero-order valence-electron chi connectivity index (χ0n) is 13.8. The molecule has 0 aliphatic carbocycles. The number of hydrogen-bond donors (Lipinski definition) is 1. The van der Waals surface area contributed by atoms with Crippen molar-refractivity contribution in [3.63, 3.8) is 0 Å². The molecule has 1 N–H and O–H groups in total. The van der Waals surface area contributed by atoms with Crippen LogP contribution in [-0.2, 0) is 16.1 Å². The Hall–Kier alpha value is -1.53. The van der Waals surface area contributed by atoms with Gasteiger partial charge in [-0.15, -0.1) is 0 Å². The Morgan fingerprint density at radius 2 is 1.96 bits per heavy atom. The summed E-state index contributed by atoms with van der Waals surface area (Å²) in [6.07, 6.45) is 4.32. The molecule has 132 valence electrons. The number of nitrogens with one attached hydrogen (secondary N) is 1. The van der Waals surface area contributed by atoms with Gasteiger partial charge in [0.05, 0.1) is 0 Å². The van der Waals surface area contributed by atoms with Gasteiger partial charge >= 0.3 is 0 Å². The van der Waals surface area contributed by atoms with Crippen LogP contribution in [0.1, 0.15) is 37.7 Å². The average molecular weight is 338 g/mol. The van der Waals surface area contributed by atoms with Crippen molar-refractivity contribution >= 4 is 5.91 Å². The van der Waals surface area contributed by atoms with Gasteiger partial charge in [-0.05, 0) is 49.8 Å². The lowest BCUT2D eigenvalue weighted by Crippen LogP contribution is -2.48. The number of halogens is 2. The van der Waals surface area contributed by atoms with Crippen molar-refractivity contribution in [2.24, 2.45) is 0 Å². The molecular formula is C18H24F2N2O2. The van der Waals surface area contributed by atoms with E-state index in [4.69, 9.17) is 4.74 Å². The highest BCUT2D eigenvalue weighted by molar-refractivity contribution is 5.81. The number of ether oxygens (including phenoxy) is 1. The van der Waals surface area contributed by atoms with Crippen LogP contribution in [0, 0.1) is 11.6 Å². The zero-order chi connectivity index (χ0) is 16.9. The lowest BCUT2D eigenvalue weighted by atomic mass is 10.0. The van der Waals surface area contributed by atoms with E-state index in [1.807, 2.05) is 0 Å². The maximum absolute atomic E-state index is 13.3. The predicted molar refractivity (Wildman–Crippen MR) is 86.4 cm³/mol. The van der Waals surface area contributed by atoms with Gasteiger partial charge in [0.1, 0.15) is 6.10 Å². The summed E-state index contributed by atoms with van der Waals surface area (Å²) < 4.78 is 31.7. The first-order valence-electron chi connectivity index (χ1n) is 8.70. The predicted octanol–water partition coefficient (Wildman–Crippen LogP) is 2.61. The Kier molecular flexibility index (Phi) is 5.79. The van der Waals surface area contributed by atoms with E-state index >= 15 is 0 Å². The molecule has 0 spiro atoms. The fourth-order valence-corrected chi connectivity index (χ4v) is 3.37. The van der Waals surface area contributed by atoms with E-state index in [2.05, 4.69) is 10.2 Å². The molecule has 0 aromatic heterocycles. The summed E-state index contributed by atoms with van der Waals surface area (Å²) in [5, 5.41) is 3.09. The van der Waals surface area contributed by atoms with Crippen LogP contribution in [0.5, 0.6) is 0 Å². The van der Waals surface area contributed by atoms with Gasteiger partial charge in [-0.1, -0.05) is 6.07 Å². The third-order valence-electron chi connectivity index (χ3n) is 4.80. The molecule has 4 nitrogen and oxygen atoms in total. The number of nitrogens with zero attached hydrogens (tertiary/aromatic N) is 1. The van der Waals surface area contributed by atoms with E-state index < -0.39 is 11.6 Å². The minimum atomic E-state index is -0.815. The van der Waals surface area contributed by atoms with Crippen LogP contribution in [0.15, 0.2) is 18.2 Å². The van der Waals surface area contributed by atoms with Crippen LogP contribution in [0.2, 0.25) is 0 Å². The van der Waals surface area contributed by atoms with Crippen molar-refractivity contribution in [1.29, 1.82) is 0 Å². The number of amides is 1. The second-order valence-corrected chi connectivity index (χ2v) is 6.66. The summed E-state index contributed by atoms with van der Waals surface area (Å²) in [5.41, 5.74) is 0.770. The second-order valence-electron chi connectivity index (χ2n) is 6.66. The molecule has 2 heterocycles. The molecule has 0 radical (unpaired) electrons. The maximum Gasteiger partial charge on any atom is 0.249 e. The molecule has 0 unspecified atom stereocenters. The number of likely N-dealkylation sites (tertiary alicyclic amines) is 1. The van der Waals surface area contributed by atoms with Crippen molar-refractivity contribution in [3.8, 4) is 0 Å². The van der Waals surface area contributed by atoms with Crippen LogP contribution in [0.4, 0.5) is 8.78 Å². The van der Waals surface area contributed by atoms with Gasteiger partial charge in [-0.25, -0.2) is 8.78 Å². The standard InChI is InChI=1S/C18H24F2N2O2/c19-15-5-4-13(11-16(15)20)12-22-8-6-14(7-9-22)21-18(23)17-3-1-2-10-24-17/h4-5,11,14,17H,1-3,6-10,12H2,(H,21,23)/t17-/m1/s1. The maximum atomic E-state index is 13.3. The fourth-order valence-electron chi connectivity index (χ4n) is 3.37. The zero-order valence-corrected chi connectivity index (χ0v) is 13.8. The monoisotopic (exact) mass is 338 g/mol. The van der Waals surface area contributed by atoms with Crippen LogP contribution in [-0.4, -0.2) is 42.6 Å². The number of piperidine rings is 1. The molecule has 24 heavy (non-hydrogen) atoms. The first kappa shape index (κ1) is 17.3. The summed E-state index contributed by atoms with van der Waals surface area (Å²) in [6, 6.07) is 4.21. The van der Waals surface area contributed by atoms with E-state index in [-0.39, 0.29) is 18.1 Å². The van der Waals surface area contributed by atoms with E-state index in [1.54, 1.807) is 6.07 Å². The van der Waals surface area contributed by atoms with Crippen molar-refractivity contribution in [3.05, 3.63) is 35.4 Å². The Morgan fingerprint density at radius 3 is 2.62 bits per heavy atom. The first-order valence-corrected chi connectivity index (χ1v) is 8.70. The van der Waals surface area contributed by atoms with Crippen molar-refractivity contribution < 1.29 is 18.3 Å². The molecule has 2 aliphatic heterocycles. The molecule has 2 saturated heterocycles. The number of rotatable bonds is 4. The Labute approximate surface area is 141 Å². The van der Waals surface area contributed by atoms with Gasteiger partial charge in [0.25, 0.3) is 0 Å². The van der Waals surface area contributed by atoms with E-state index in [0.29, 0.717) is 13.2 Å². The van der Waals surface area contributed by atoms with Crippen LogP contribution in [0.25, 0.3) is 0 Å². The topological polar surface area (TPSA) is 41.6 Å². The fraction of sp³-hybridized carbons (Fsp3) is 0.611. The summed E-state index contributed by atoms with van der Waals surface area (Å²) in [4.78, 5) is 14.4. The SMILES string of the molecule is O=C(NC1CCN(Cc2ccc(F)c(F)c2)CC1)[C@H]1CCCCO1. The summed E-state index contributed by atoms with van der Waals surface area (Å²) >= 11 is 0. The highest BCUT2D eigenvalue weighted by Gasteiger charge is 2.26. The molecule has 2 fully saturated rings. The molecule has 6 heteroatoms. The van der Waals surface area contributed by atoms with Crippen molar-refractivity contribution in [2.45, 2.75) is 50.8 Å². The van der Waals surface area contributed by atoms with Gasteiger partial charge in [0.15, 0.2) is 11.6 Å². The van der Waals surface area contributed by atoms with Gasteiger partial charge < -0.3 is 10.1 Å². The highest BCUT2D eigenvalue weighted by atomic mass is 19.2. The minimum absolute atomic E-state index is 0.00811. The molecule has 1 aromatic rings. The third kappa shape index (κ3) is 4.51.